The average molecular weight is 360 g/mol. The summed E-state index contributed by atoms with van der Waals surface area (Å²) in [5, 5.41) is 4.68. The second-order valence-corrected chi connectivity index (χ2v) is 6.55. The number of amides is 1. The summed E-state index contributed by atoms with van der Waals surface area (Å²) in [6, 6.07) is 17.6. The highest BCUT2D eigenvalue weighted by atomic mass is 16.5. The van der Waals surface area contributed by atoms with Crippen LogP contribution in [0.15, 0.2) is 59.0 Å². The number of ether oxygens (including phenoxy) is 1. The number of aryl methyl sites for hydroxylation is 1. The van der Waals surface area contributed by atoms with Crippen LogP contribution >= 0.6 is 0 Å². The molecule has 0 unspecified atom stereocenters. The van der Waals surface area contributed by atoms with Gasteiger partial charge in [-0.15, -0.1) is 0 Å². The molecule has 2 heterocycles. The third-order valence-electron chi connectivity index (χ3n) is 4.52. The van der Waals surface area contributed by atoms with Gasteiger partial charge in [-0.1, -0.05) is 29.8 Å². The quantitative estimate of drug-likeness (QED) is 0.577. The summed E-state index contributed by atoms with van der Waals surface area (Å²) in [7, 11) is 1.62. The van der Waals surface area contributed by atoms with E-state index in [9.17, 15) is 4.79 Å². The van der Waals surface area contributed by atoms with Gasteiger partial charge >= 0.3 is 0 Å². The molecule has 5 heteroatoms. The third kappa shape index (κ3) is 3.62. The first-order valence-corrected chi connectivity index (χ1v) is 8.84. The molecule has 0 fully saturated rings. The number of pyridine rings is 1. The molecule has 2 aromatic heterocycles. The lowest BCUT2D eigenvalue weighted by molar-refractivity contribution is 0.0928. The molecule has 0 saturated heterocycles. The first-order chi connectivity index (χ1) is 13.1. The van der Waals surface area contributed by atoms with Crippen molar-refractivity contribution in [1.29, 1.82) is 0 Å². The summed E-state index contributed by atoms with van der Waals surface area (Å²) >= 11 is 0. The highest BCUT2D eigenvalue weighted by Gasteiger charge is 2.13. The molecule has 136 valence electrons. The summed E-state index contributed by atoms with van der Waals surface area (Å²) in [6.07, 6.45) is 0.773. The van der Waals surface area contributed by atoms with Crippen molar-refractivity contribution in [2.24, 2.45) is 0 Å². The lowest BCUT2D eigenvalue weighted by atomic mass is 10.1. The van der Waals surface area contributed by atoms with Gasteiger partial charge < -0.3 is 14.5 Å². The molecular formula is C22H20N2O3. The smallest absolute Gasteiger partial charge is 0.287 e. The van der Waals surface area contributed by atoms with E-state index in [1.165, 1.54) is 11.1 Å². The summed E-state index contributed by atoms with van der Waals surface area (Å²) in [5.41, 5.74) is 3.62. The largest absolute Gasteiger partial charge is 0.497 e. The van der Waals surface area contributed by atoms with Gasteiger partial charge in [0, 0.05) is 23.4 Å². The number of hydrogen-bond acceptors (Lipinski definition) is 4. The summed E-state index contributed by atoms with van der Waals surface area (Å²) in [5.74, 6) is 0.765. The van der Waals surface area contributed by atoms with Crippen LogP contribution in [0.5, 0.6) is 5.75 Å². The van der Waals surface area contributed by atoms with Crippen LogP contribution in [0.2, 0.25) is 0 Å². The Balaban J connectivity index is 1.50. The number of rotatable bonds is 5. The van der Waals surface area contributed by atoms with E-state index in [0.29, 0.717) is 12.3 Å². The molecule has 27 heavy (non-hydrogen) atoms. The van der Waals surface area contributed by atoms with Crippen LogP contribution in [0.4, 0.5) is 0 Å². The van der Waals surface area contributed by atoms with Crippen molar-refractivity contribution in [2.75, 3.05) is 13.7 Å². The molecule has 0 aliphatic rings. The third-order valence-corrected chi connectivity index (χ3v) is 4.52. The highest BCUT2D eigenvalue weighted by molar-refractivity contribution is 5.98. The molecule has 0 aliphatic heterocycles. The molecule has 5 nitrogen and oxygen atoms in total. The molecule has 1 N–H and O–H groups in total. The molecular weight excluding hydrogens is 340 g/mol. The van der Waals surface area contributed by atoms with Gasteiger partial charge in [0.05, 0.1) is 12.6 Å². The zero-order valence-corrected chi connectivity index (χ0v) is 15.3. The standard InChI is InChI=1S/C22H20N2O3/c1-14-4-3-5-15(10-14)8-9-23-21(25)20-12-17-11-16-6-7-18(26-2)13-19(16)24-22(17)27-20/h3-7,10-13H,8-9H2,1-2H3,(H,23,25). The van der Waals surface area contributed by atoms with E-state index < -0.39 is 0 Å². The predicted molar refractivity (Wildman–Crippen MR) is 105 cm³/mol. The minimum atomic E-state index is -0.234. The Morgan fingerprint density at radius 3 is 2.81 bits per heavy atom. The van der Waals surface area contributed by atoms with Crippen LogP contribution in [-0.2, 0) is 6.42 Å². The van der Waals surface area contributed by atoms with Gasteiger partial charge in [0.2, 0.25) is 5.71 Å². The number of furan rings is 1. The molecule has 0 atom stereocenters. The molecule has 0 saturated carbocycles. The van der Waals surface area contributed by atoms with Crippen molar-refractivity contribution in [2.45, 2.75) is 13.3 Å². The SMILES string of the molecule is COc1ccc2cc3cc(C(=O)NCCc4cccc(C)c4)oc3nc2c1. The van der Waals surface area contributed by atoms with Crippen molar-refractivity contribution >= 4 is 27.9 Å². The van der Waals surface area contributed by atoms with Crippen molar-refractivity contribution in [3.63, 3.8) is 0 Å². The van der Waals surface area contributed by atoms with Gasteiger partial charge in [0.25, 0.3) is 5.91 Å². The second kappa shape index (κ2) is 7.11. The zero-order chi connectivity index (χ0) is 18.8. The minimum absolute atomic E-state index is 0.234. The highest BCUT2D eigenvalue weighted by Crippen LogP contribution is 2.25. The van der Waals surface area contributed by atoms with Gasteiger partial charge in [-0.3, -0.25) is 4.79 Å². The lowest BCUT2D eigenvalue weighted by Crippen LogP contribution is -2.25. The van der Waals surface area contributed by atoms with E-state index in [-0.39, 0.29) is 11.7 Å². The number of benzene rings is 2. The van der Waals surface area contributed by atoms with Gasteiger partial charge in [-0.2, -0.15) is 0 Å². The predicted octanol–water partition coefficient (Wildman–Crippen LogP) is 4.27. The molecule has 0 spiro atoms. The summed E-state index contributed by atoms with van der Waals surface area (Å²) in [6.45, 7) is 2.61. The normalized spacial score (nSPS) is 11.0. The van der Waals surface area contributed by atoms with Crippen molar-refractivity contribution in [1.82, 2.24) is 10.3 Å². The van der Waals surface area contributed by atoms with Gasteiger partial charge in [0.15, 0.2) is 5.76 Å². The fraction of sp³-hybridized carbons (Fsp3) is 0.182. The monoisotopic (exact) mass is 360 g/mol. The maximum atomic E-state index is 12.4. The summed E-state index contributed by atoms with van der Waals surface area (Å²) in [4.78, 5) is 16.9. The van der Waals surface area contributed by atoms with E-state index in [1.54, 1.807) is 13.2 Å². The topological polar surface area (TPSA) is 64.4 Å². The number of methoxy groups -OCH3 is 1. The number of carbonyl (C=O) groups is 1. The van der Waals surface area contributed by atoms with Crippen molar-refractivity contribution < 1.29 is 13.9 Å². The van der Waals surface area contributed by atoms with Gasteiger partial charge in [-0.25, -0.2) is 4.98 Å². The van der Waals surface area contributed by atoms with E-state index in [0.717, 1.165) is 28.5 Å². The number of aromatic nitrogens is 1. The van der Waals surface area contributed by atoms with Crippen LogP contribution in [0, 0.1) is 6.92 Å². The van der Waals surface area contributed by atoms with E-state index >= 15 is 0 Å². The number of fused-ring (bicyclic) bond motifs is 2. The van der Waals surface area contributed by atoms with Crippen LogP contribution in [-0.4, -0.2) is 24.5 Å². The van der Waals surface area contributed by atoms with Gasteiger partial charge in [-0.05, 0) is 43.2 Å². The van der Waals surface area contributed by atoms with Crippen LogP contribution in [0.3, 0.4) is 0 Å². The molecule has 2 aromatic carbocycles. The first kappa shape index (κ1) is 17.1. The Hall–Kier alpha value is -3.34. The molecule has 0 aliphatic carbocycles. The summed E-state index contributed by atoms with van der Waals surface area (Å²) < 4.78 is 10.9. The first-order valence-electron chi connectivity index (χ1n) is 8.84. The Morgan fingerprint density at radius 1 is 1.11 bits per heavy atom. The lowest BCUT2D eigenvalue weighted by Gasteiger charge is -2.04. The van der Waals surface area contributed by atoms with Crippen LogP contribution < -0.4 is 10.1 Å². The van der Waals surface area contributed by atoms with E-state index in [2.05, 4.69) is 35.4 Å². The molecule has 0 radical (unpaired) electrons. The molecule has 0 bridgehead atoms. The number of carbonyl (C=O) groups excluding carboxylic acids is 1. The van der Waals surface area contributed by atoms with Gasteiger partial charge in [0.1, 0.15) is 5.75 Å². The number of hydrogen-bond donors (Lipinski definition) is 1. The molecule has 4 rings (SSSR count). The Kier molecular flexibility index (Phi) is 4.50. The second-order valence-electron chi connectivity index (χ2n) is 6.55. The van der Waals surface area contributed by atoms with Crippen molar-refractivity contribution in [3.8, 4) is 5.75 Å². The van der Waals surface area contributed by atoms with Crippen LogP contribution in [0.25, 0.3) is 22.0 Å². The Morgan fingerprint density at radius 2 is 2.00 bits per heavy atom. The number of nitrogens with one attached hydrogen (secondary N) is 1. The Bertz CT molecular complexity index is 1130. The minimum Gasteiger partial charge on any atom is -0.497 e. The van der Waals surface area contributed by atoms with E-state index in [4.69, 9.17) is 9.15 Å². The van der Waals surface area contributed by atoms with Crippen molar-refractivity contribution in [3.05, 3.63) is 71.5 Å². The van der Waals surface area contributed by atoms with E-state index in [1.807, 2.05) is 30.3 Å². The zero-order valence-electron chi connectivity index (χ0n) is 15.3. The maximum Gasteiger partial charge on any atom is 0.287 e. The number of nitrogens with zero attached hydrogens (tertiary/aromatic N) is 1. The van der Waals surface area contributed by atoms with Crippen LogP contribution in [0.1, 0.15) is 21.7 Å². The fourth-order valence-corrected chi connectivity index (χ4v) is 3.12. The fourth-order valence-electron chi connectivity index (χ4n) is 3.12. The molecule has 1 amide bonds. The Labute approximate surface area is 157 Å². The average Bonchev–Trinajstić information content (AvgIpc) is 3.08. The maximum absolute atomic E-state index is 12.4. The molecule has 4 aromatic rings.